The fourth-order valence-electron chi connectivity index (χ4n) is 4.54. The third-order valence-corrected chi connectivity index (χ3v) is 6.32. The largest absolute Gasteiger partial charge is 0.336 e. The van der Waals surface area contributed by atoms with Crippen LogP contribution in [-0.4, -0.2) is 41.8 Å². The number of carbonyl (C=O) groups excluding carboxylic acids is 3. The third kappa shape index (κ3) is 4.63. The van der Waals surface area contributed by atoms with E-state index in [1.807, 2.05) is 35.2 Å². The summed E-state index contributed by atoms with van der Waals surface area (Å²) in [5.41, 5.74) is 2.09. The highest BCUT2D eigenvalue weighted by atomic mass is 16.2. The van der Waals surface area contributed by atoms with E-state index >= 15 is 0 Å². The number of benzene rings is 2. The molecule has 0 spiro atoms. The van der Waals surface area contributed by atoms with Crippen molar-refractivity contribution < 1.29 is 14.4 Å². The molecule has 0 bridgehead atoms. The first kappa shape index (κ1) is 21.1. The second-order valence-corrected chi connectivity index (χ2v) is 8.36. The lowest BCUT2D eigenvalue weighted by Crippen LogP contribution is -2.43. The van der Waals surface area contributed by atoms with Crippen molar-refractivity contribution in [3.8, 4) is 0 Å². The monoisotopic (exact) mass is 419 g/mol. The summed E-state index contributed by atoms with van der Waals surface area (Å²) >= 11 is 0. The van der Waals surface area contributed by atoms with E-state index in [0.717, 1.165) is 31.5 Å². The van der Waals surface area contributed by atoms with Crippen LogP contribution in [-0.2, 0) is 9.59 Å². The van der Waals surface area contributed by atoms with Gasteiger partial charge in [0.25, 0.3) is 5.91 Å². The molecule has 6 nitrogen and oxygen atoms in total. The van der Waals surface area contributed by atoms with Crippen molar-refractivity contribution in [3.63, 3.8) is 0 Å². The molecule has 2 aromatic carbocycles. The van der Waals surface area contributed by atoms with Crippen LogP contribution < -0.4 is 10.2 Å². The average Bonchev–Trinajstić information content (AvgIpc) is 3.21. The van der Waals surface area contributed by atoms with Crippen molar-refractivity contribution in [3.05, 3.63) is 60.2 Å². The van der Waals surface area contributed by atoms with E-state index < -0.39 is 5.92 Å². The molecule has 2 atom stereocenters. The Hall–Kier alpha value is -3.15. The summed E-state index contributed by atoms with van der Waals surface area (Å²) in [5.74, 6) is -0.552. The van der Waals surface area contributed by atoms with E-state index in [4.69, 9.17) is 0 Å². The molecule has 0 radical (unpaired) electrons. The lowest BCUT2D eigenvalue weighted by atomic mass is 9.99. The number of amides is 3. The molecule has 162 valence electrons. The van der Waals surface area contributed by atoms with E-state index in [1.165, 1.54) is 6.42 Å². The van der Waals surface area contributed by atoms with Gasteiger partial charge in [-0.25, -0.2) is 0 Å². The Balaban J connectivity index is 1.37. The number of hydrogen-bond donors (Lipinski definition) is 1. The second kappa shape index (κ2) is 9.33. The lowest BCUT2D eigenvalue weighted by molar-refractivity contribution is -0.122. The Kier molecular flexibility index (Phi) is 6.35. The molecular formula is C25H29N3O3. The van der Waals surface area contributed by atoms with Crippen molar-refractivity contribution in [1.29, 1.82) is 0 Å². The zero-order chi connectivity index (χ0) is 21.8. The van der Waals surface area contributed by atoms with Gasteiger partial charge in [0, 0.05) is 42.5 Å². The van der Waals surface area contributed by atoms with Gasteiger partial charge in [0.15, 0.2) is 0 Å². The molecule has 0 aromatic heterocycles. The molecular weight excluding hydrogens is 390 g/mol. The summed E-state index contributed by atoms with van der Waals surface area (Å²) < 4.78 is 0. The van der Waals surface area contributed by atoms with Gasteiger partial charge in [-0.15, -0.1) is 0 Å². The van der Waals surface area contributed by atoms with Gasteiger partial charge in [0.05, 0.1) is 5.92 Å². The fourth-order valence-corrected chi connectivity index (χ4v) is 4.54. The van der Waals surface area contributed by atoms with Gasteiger partial charge < -0.3 is 15.1 Å². The standard InChI is InChI=1S/C25H29N3O3/c1-2-21-8-6-7-15-27(21)25(31)18-11-13-20(14-12-18)26-24(30)19-16-23(29)28(17-19)22-9-4-3-5-10-22/h3-5,9-14,19,21H,2,6-8,15-17H2,1H3,(H,26,30). The molecule has 3 amide bonds. The number of anilines is 2. The van der Waals surface area contributed by atoms with Gasteiger partial charge in [0.2, 0.25) is 11.8 Å². The van der Waals surface area contributed by atoms with E-state index in [2.05, 4.69) is 12.2 Å². The van der Waals surface area contributed by atoms with Crippen LogP contribution in [0.1, 0.15) is 49.4 Å². The maximum absolute atomic E-state index is 12.9. The number of carbonyl (C=O) groups is 3. The number of rotatable bonds is 5. The Morgan fingerprint density at radius 2 is 1.77 bits per heavy atom. The summed E-state index contributed by atoms with van der Waals surface area (Å²) in [6.07, 6.45) is 4.47. The second-order valence-electron chi connectivity index (χ2n) is 8.36. The van der Waals surface area contributed by atoms with Gasteiger partial charge in [0.1, 0.15) is 0 Å². The fraction of sp³-hybridized carbons (Fsp3) is 0.400. The van der Waals surface area contributed by atoms with Crippen molar-refractivity contribution >= 4 is 29.1 Å². The van der Waals surface area contributed by atoms with Crippen LogP contribution in [0.15, 0.2) is 54.6 Å². The number of piperidine rings is 1. The predicted octanol–water partition coefficient (Wildman–Crippen LogP) is 4.08. The van der Waals surface area contributed by atoms with E-state index in [0.29, 0.717) is 23.8 Å². The van der Waals surface area contributed by atoms with Crippen LogP contribution in [0.4, 0.5) is 11.4 Å². The predicted molar refractivity (Wildman–Crippen MR) is 121 cm³/mol. The Morgan fingerprint density at radius 3 is 2.48 bits per heavy atom. The molecule has 2 aliphatic heterocycles. The van der Waals surface area contributed by atoms with E-state index in [9.17, 15) is 14.4 Å². The minimum atomic E-state index is -0.396. The normalized spacial score (nSPS) is 21.3. The molecule has 2 aliphatic rings. The highest BCUT2D eigenvalue weighted by Gasteiger charge is 2.35. The topological polar surface area (TPSA) is 69.7 Å². The molecule has 2 saturated heterocycles. The van der Waals surface area contributed by atoms with Gasteiger partial charge in [-0.1, -0.05) is 25.1 Å². The minimum absolute atomic E-state index is 0.0423. The maximum Gasteiger partial charge on any atom is 0.254 e. The number of nitrogens with zero attached hydrogens (tertiary/aromatic N) is 2. The maximum atomic E-state index is 12.9. The van der Waals surface area contributed by atoms with Gasteiger partial charge in [-0.3, -0.25) is 14.4 Å². The minimum Gasteiger partial charge on any atom is -0.336 e. The molecule has 31 heavy (non-hydrogen) atoms. The molecule has 6 heteroatoms. The van der Waals surface area contributed by atoms with Crippen molar-refractivity contribution in [1.82, 2.24) is 4.90 Å². The highest BCUT2D eigenvalue weighted by molar-refractivity contribution is 6.03. The highest BCUT2D eigenvalue weighted by Crippen LogP contribution is 2.26. The summed E-state index contributed by atoms with van der Waals surface area (Å²) in [7, 11) is 0. The summed E-state index contributed by atoms with van der Waals surface area (Å²) in [5, 5.41) is 2.90. The quantitative estimate of drug-likeness (QED) is 0.794. The van der Waals surface area contributed by atoms with E-state index in [1.54, 1.807) is 29.2 Å². The first-order valence-corrected chi connectivity index (χ1v) is 11.1. The Bertz CT molecular complexity index is 942. The Morgan fingerprint density at radius 1 is 1.03 bits per heavy atom. The van der Waals surface area contributed by atoms with Crippen LogP contribution >= 0.6 is 0 Å². The van der Waals surface area contributed by atoms with Crippen LogP contribution in [0.5, 0.6) is 0 Å². The van der Waals surface area contributed by atoms with E-state index in [-0.39, 0.29) is 24.1 Å². The molecule has 2 unspecified atom stereocenters. The summed E-state index contributed by atoms with van der Waals surface area (Å²) in [6.45, 7) is 3.31. The zero-order valence-corrected chi connectivity index (χ0v) is 17.9. The van der Waals surface area contributed by atoms with Crippen LogP contribution in [0.3, 0.4) is 0 Å². The first-order valence-electron chi connectivity index (χ1n) is 11.1. The lowest BCUT2D eigenvalue weighted by Gasteiger charge is -2.35. The molecule has 4 rings (SSSR count). The molecule has 1 N–H and O–H groups in total. The van der Waals surface area contributed by atoms with Crippen molar-refractivity contribution in [2.45, 2.75) is 45.1 Å². The van der Waals surface area contributed by atoms with Crippen LogP contribution in [0.2, 0.25) is 0 Å². The van der Waals surface area contributed by atoms with Crippen LogP contribution in [0, 0.1) is 5.92 Å². The molecule has 0 saturated carbocycles. The first-order chi connectivity index (χ1) is 15.1. The van der Waals surface area contributed by atoms with Crippen molar-refractivity contribution in [2.75, 3.05) is 23.3 Å². The number of hydrogen-bond acceptors (Lipinski definition) is 3. The van der Waals surface area contributed by atoms with Gasteiger partial charge in [-0.2, -0.15) is 0 Å². The average molecular weight is 420 g/mol. The number of likely N-dealkylation sites (tertiary alicyclic amines) is 1. The molecule has 2 aromatic rings. The van der Waals surface area contributed by atoms with Crippen LogP contribution in [0.25, 0.3) is 0 Å². The van der Waals surface area contributed by atoms with Gasteiger partial charge in [-0.05, 0) is 62.1 Å². The van der Waals surface area contributed by atoms with Gasteiger partial charge >= 0.3 is 0 Å². The zero-order valence-electron chi connectivity index (χ0n) is 17.9. The SMILES string of the molecule is CCC1CCCCN1C(=O)c1ccc(NC(=O)C2CC(=O)N(c3ccccc3)C2)cc1. The summed E-state index contributed by atoms with van der Waals surface area (Å²) in [6, 6.07) is 16.8. The molecule has 2 fully saturated rings. The summed E-state index contributed by atoms with van der Waals surface area (Å²) in [4.78, 5) is 41.6. The molecule has 0 aliphatic carbocycles. The molecule has 2 heterocycles. The number of nitrogens with one attached hydrogen (secondary N) is 1. The van der Waals surface area contributed by atoms with Crippen molar-refractivity contribution in [2.24, 2.45) is 5.92 Å². The smallest absolute Gasteiger partial charge is 0.254 e. The third-order valence-electron chi connectivity index (χ3n) is 6.32. The number of para-hydroxylation sites is 1. The Labute approximate surface area is 183 Å².